The van der Waals surface area contributed by atoms with Gasteiger partial charge in [-0.3, -0.25) is 4.79 Å². The van der Waals surface area contributed by atoms with Crippen LogP contribution in [0.3, 0.4) is 0 Å². The number of aliphatic hydroxyl groups excluding tert-OH is 2. The van der Waals surface area contributed by atoms with Gasteiger partial charge < -0.3 is 29.2 Å². The third-order valence-corrected chi connectivity index (χ3v) is 13.5. The Balaban J connectivity index is 1.43. The highest BCUT2D eigenvalue weighted by molar-refractivity contribution is 5.66. The van der Waals surface area contributed by atoms with E-state index in [0.29, 0.717) is 11.8 Å². The van der Waals surface area contributed by atoms with Gasteiger partial charge >= 0.3 is 5.97 Å². The van der Waals surface area contributed by atoms with Crippen LogP contribution in [0.25, 0.3) is 0 Å². The molecule has 1 saturated heterocycles. The molecular weight excluding hydrogens is 520 g/mol. The SMILES string of the molecule is CO[C@@H]1O[C@@H]([C@H](O)C(C)(C)OC)CC1[C@@H]1CC=C2[C@@]3(C)C(CC[C@]21C)[C@@]1(C)CC[C@@H](OC(C)=O)C(C)(C)[C@@H]1C[C@H]3O. The number of allylic oxidation sites excluding steroid dienone is 1. The summed E-state index contributed by atoms with van der Waals surface area (Å²) in [6, 6.07) is 0. The topological polar surface area (TPSA) is 94.5 Å². The van der Waals surface area contributed by atoms with Crippen molar-refractivity contribution in [3.05, 3.63) is 11.6 Å². The quantitative estimate of drug-likeness (QED) is 0.311. The summed E-state index contributed by atoms with van der Waals surface area (Å²) in [6.45, 7) is 17.0. The lowest BCUT2D eigenvalue weighted by molar-refractivity contribution is -0.221. The zero-order valence-electron chi connectivity index (χ0n) is 27.2. The molecule has 12 atom stereocenters. The lowest BCUT2D eigenvalue weighted by Crippen LogP contribution is -2.65. The molecule has 5 rings (SSSR count). The van der Waals surface area contributed by atoms with Crippen LogP contribution in [0.4, 0.5) is 0 Å². The number of methoxy groups -OCH3 is 2. The molecule has 0 spiro atoms. The van der Waals surface area contributed by atoms with Crippen LogP contribution in [-0.4, -0.2) is 66.7 Å². The van der Waals surface area contributed by atoms with Crippen LogP contribution in [0, 0.1) is 45.3 Å². The van der Waals surface area contributed by atoms with Crippen LogP contribution >= 0.6 is 0 Å². The lowest BCUT2D eigenvalue weighted by atomic mass is 9.37. The van der Waals surface area contributed by atoms with Crippen molar-refractivity contribution in [2.45, 2.75) is 137 Å². The summed E-state index contributed by atoms with van der Waals surface area (Å²) < 4.78 is 23.7. The maximum atomic E-state index is 12.1. The summed E-state index contributed by atoms with van der Waals surface area (Å²) in [5.41, 5.74) is 0.188. The van der Waals surface area contributed by atoms with Crippen molar-refractivity contribution in [3.63, 3.8) is 0 Å². The van der Waals surface area contributed by atoms with Crippen LogP contribution in [0.15, 0.2) is 11.6 Å². The van der Waals surface area contributed by atoms with Crippen molar-refractivity contribution in [2.75, 3.05) is 14.2 Å². The molecule has 1 aliphatic heterocycles. The van der Waals surface area contributed by atoms with Crippen LogP contribution in [0.1, 0.15) is 100 Å². The molecule has 0 bridgehead atoms. The molecule has 234 valence electrons. The minimum atomic E-state index is -0.757. The molecule has 41 heavy (non-hydrogen) atoms. The molecule has 2 unspecified atom stereocenters. The van der Waals surface area contributed by atoms with Gasteiger partial charge in [0.2, 0.25) is 0 Å². The number of carbonyl (C=O) groups is 1. The summed E-state index contributed by atoms with van der Waals surface area (Å²) in [4.78, 5) is 11.9. The average Bonchev–Trinajstić information content (AvgIpc) is 3.48. The number of hydrogen-bond acceptors (Lipinski definition) is 7. The summed E-state index contributed by atoms with van der Waals surface area (Å²) in [5, 5.41) is 23.3. The second-order valence-electron chi connectivity index (χ2n) is 16.0. The van der Waals surface area contributed by atoms with Gasteiger partial charge in [0, 0.05) is 37.9 Å². The van der Waals surface area contributed by atoms with E-state index in [1.165, 1.54) is 12.5 Å². The molecule has 0 radical (unpaired) electrons. The van der Waals surface area contributed by atoms with Gasteiger partial charge in [0.1, 0.15) is 12.2 Å². The van der Waals surface area contributed by atoms with E-state index in [1.54, 1.807) is 14.2 Å². The van der Waals surface area contributed by atoms with Crippen molar-refractivity contribution >= 4 is 5.97 Å². The summed E-state index contributed by atoms with van der Waals surface area (Å²) in [6.07, 6.45) is 6.79. The largest absolute Gasteiger partial charge is 0.462 e. The zero-order valence-corrected chi connectivity index (χ0v) is 27.2. The van der Waals surface area contributed by atoms with Crippen molar-refractivity contribution < 1.29 is 34.0 Å². The van der Waals surface area contributed by atoms with E-state index in [0.717, 1.165) is 44.9 Å². The Bertz CT molecular complexity index is 1050. The maximum absolute atomic E-state index is 12.1. The van der Waals surface area contributed by atoms with Gasteiger partial charge in [-0.15, -0.1) is 0 Å². The number of aliphatic hydroxyl groups is 2. The normalized spacial score (nSPS) is 48.0. The van der Waals surface area contributed by atoms with Crippen LogP contribution < -0.4 is 0 Å². The molecule has 3 saturated carbocycles. The first-order valence-electron chi connectivity index (χ1n) is 16.0. The number of ether oxygens (including phenoxy) is 4. The standard InChI is InChI=1S/C34H56O7/c1-19(35)40-27-14-16-33(7)24-13-15-32(6)21(20-17-22(41-29(20)38-9)28(37)31(4,5)39-10)11-12-23(32)34(24,8)26(36)18-25(33)30(27,2)3/h12,20-22,24-29,36-37H,11,13-18H2,1-10H3/t20?,21-,22+,24?,25-,26+,27+,28-,29+,32-,33+,34-/m0/s1. The van der Waals surface area contributed by atoms with Gasteiger partial charge in [-0.25, -0.2) is 0 Å². The number of hydrogen-bond donors (Lipinski definition) is 2. The van der Waals surface area contributed by atoms with Crippen LogP contribution in [0.2, 0.25) is 0 Å². The number of fused-ring (bicyclic) bond motifs is 5. The Morgan fingerprint density at radius 2 is 1.76 bits per heavy atom. The molecule has 4 fully saturated rings. The smallest absolute Gasteiger partial charge is 0.302 e. The summed E-state index contributed by atoms with van der Waals surface area (Å²) in [7, 11) is 3.33. The van der Waals surface area contributed by atoms with Gasteiger partial charge in [-0.05, 0) is 87.4 Å². The average molecular weight is 577 g/mol. The Labute approximate surface area is 247 Å². The summed E-state index contributed by atoms with van der Waals surface area (Å²) >= 11 is 0. The van der Waals surface area contributed by atoms with Gasteiger partial charge in [-0.2, -0.15) is 0 Å². The molecule has 2 N–H and O–H groups in total. The van der Waals surface area contributed by atoms with E-state index in [2.05, 4.69) is 40.7 Å². The van der Waals surface area contributed by atoms with Crippen LogP contribution in [-0.2, 0) is 23.7 Å². The third kappa shape index (κ3) is 4.50. The molecule has 1 heterocycles. The van der Waals surface area contributed by atoms with E-state index in [4.69, 9.17) is 18.9 Å². The van der Waals surface area contributed by atoms with E-state index in [9.17, 15) is 15.0 Å². The van der Waals surface area contributed by atoms with Gasteiger partial charge in [0.05, 0.1) is 17.8 Å². The molecule has 5 aliphatic rings. The van der Waals surface area contributed by atoms with E-state index in [1.807, 2.05) is 13.8 Å². The molecule has 0 amide bonds. The van der Waals surface area contributed by atoms with Gasteiger partial charge in [0.25, 0.3) is 0 Å². The highest BCUT2D eigenvalue weighted by Crippen LogP contribution is 2.73. The number of carbonyl (C=O) groups excluding carboxylic acids is 1. The predicted octanol–water partition coefficient (Wildman–Crippen LogP) is 5.66. The fourth-order valence-electron chi connectivity index (χ4n) is 11.1. The Hall–Kier alpha value is -0.990. The number of rotatable bonds is 6. The molecule has 0 aromatic carbocycles. The Morgan fingerprint density at radius 3 is 2.37 bits per heavy atom. The molecule has 0 aromatic heterocycles. The highest BCUT2D eigenvalue weighted by Gasteiger charge is 2.69. The second kappa shape index (κ2) is 10.3. The first-order chi connectivity index (χ1) is 19.0. The van der Waals surface area contributed by atoms with Gasteiger partial charge in [0.15, 0.2) is 6.29 Å². The fourth-order valence-corrected chi connectivity index (χ4v) is 11.1. The van der Waals surface area contributed by atoms with Crippen molar-refractivity contribution in [2.24, 2.45) is 45.3 Å². The highest BCUT2D eigenvalue weighted by atomic mass is 16.7. The first-order valence-corrected chi connectivity index (χ1v) is 16.0. The third-order valence-electron chi connectivity index (χ3n) is 13.5. The predicted molar refractivity (Wildman–Crippen MR) is 157 cm³/mol. The second-order valence-corrected chi connectivity index (χ2v) is 16.0. The fraction of sp³-hybridized carbons (Fsp3) is 0.912. The molecule has 7 nitrogen and oxygen atoms in total. The van der Waals surface area contributed by atoms with Crippen LogP contribution in [0.5, 0.6) is 0 Å². The van der Waals surface area contributed by atoms with E-state index in [-0.39, 0.29) is 58.0 Å². The van der Waals surface area contributed by atoms with Gasteiger partial charge in [-0.1, -0.05) is 46.3 Å². The first kappa shape index (κ1) is 31.4. The molecular formula is C34H56O7. The van der Waals surface area contributed by atoms with E-state index >= 15 is 0 Å². The van der Waals surface area contributed by atoms with Crippen molar-refractivity contribution in [3.8, 4) is 0 Å². The molecule has 7 heteroatoms. The maximum Gasteiger partial charge on any atom is 0.302 e. The minimum absolute atomic E-state index is 0.0564. The monoisotopic (exact) mass is 576 g/mol. The minimum Gasteiger partial charge on any atom is -0.462 e. The van der Waals surface area contributed by atoms with Crippen molar-refractivity contribution in [1.29, 1.82) is 0 Å². The Kier molecular flexibility index (Phi) is 7.89. The summed E-state index contributed by atoms with van der Waals surface area (Å²) in [5.74, 6) is 0.880. The van der Waals surface area contributed by atoms with E-state index < -0.39 is 17.8 Å². The van der Waals surface area contributed by atoms with Crippen molar-refractivity contribution in [1.82, 2.24) is 0 Å². The number of esters is 1. The Morgan fingerprint density at radius 1 is 1.07 bits per heavy atom. The zero-order chi connectivity index (χ0) is 30.3. The molecule has 4 aliphatic carbocycles. The molecule has 0 aromatic rings. The lowest BCUT2D eigenvalue weighted by Gasteiger charge is -2.68.